The Hall–Kier alpha value is -1.82. The van der Waals surface area contributed by atoms with Crippen molar-refractivity contribution >= 4 is 5.97 Å². The van der Waals surface area contributed by atoms with Crippen molar-refractivity contribution in [2.75, 3.05) is 0 Å². The van der Waals surface area contributed by atoms with E-state index in [0.29, 0.717) is 5.75 Å². The Morgan fingerprint density at radius 2 is 2.20 bits per heavy atom. The van der Waals surface area contributed by atoms with E-state index in [-0.39, 0.29) is 18.8 Å². The summed E-state index contributed by atoms with van der Waals surface area (Å²) in [4.78, 5) is 11.3. The third-order valence-electron chi connectivity index (χ3n) is 2.22. The van der Waals surface area contributed by atoms with Gasteiger partial charge in [0.15, 0.2) is 0 Å². The number of carbonyl (C=O) groups is 1. The molecule has 0 unspecified atom stereocenters. The summed E-state index contributed by atoms with van der Waals surface area (Å²) in [6, 6.07) is 7.47. The Labute approximate surface area is 89.3 Å². The van der Waals surface area contributed by atoms with Crippen molar-refractivity contribution in [3.05, 3.63) is 29.3 Å². The van der Waals surface area contributed by atoms with Crippen molar-refractivity contribution in [3.63, 3.8) is 0 Å². The van der Waals surface area contributed by atoms with E-state index >= 15 is 0 Å². The first kappa shape index (κ1) is 11.3. The lowest BCUT2D eigenvalue weighted by Crippen LogP contribution is -2.08. The maximum atomic E-state index is 11.3. The van der Waals surface area contributed by atoms with Crippen LogP contribution in [-0.2, 0) is 4.79 Å². The minimum absolute atomic E-state index is 0.143. The maximum Gasteiger partial charge on any atom is 0.312 e. The molecule has 0 aliphatic heterocycles. The van der Waals surface area contributed by atoms with Gasteiger partial charge in [-0.05, 0) is 31.0 Å². The van der Waals surface area contributed by atoms with Crippen molar-refractivity contribution in [1.82, 2.24) is 0 Å². The largest absolute Gasteiger partial charge is 0.426 e. The molecule has 0 N–H and O–H groups in total. The van der Waals surface area contributed by atoms with E-state index < -0.39 is 0 Å². The molecule has 3 nitrogen and oxygen atoms in total. The smallest absolute Gasteiger partial charge is 0.312 e. The van der Waals surface area contributed by atoms with Gasteiger partial charge in [0.2, 0.25) is 0 Å². The third-order valence-corrected chi connectivity index (χ3v) is 2.22. The molecule has 0 fully saturated rings. The highest BCUT2D eigenvalue weighted by atomic mass is 16.5. The van der Waals surface area contributed by atoms with Gasteiger partial charge in [0.05, 0.1) is 12.5 Å². The molecule has 0 atom stereocenters. The second-order valence-corrected chi connectivity index (χ2v) is 3.33. The van der Waals surface area contributed by atoms with E-state index in [9.17, 15) is 4.79 Å². The summed E-state index contributed by atoms with van der Waals surface area (Å²) in [6.45, 7) is 3.87. The maximum absolute atomic E-state index is 11.3. The van der Waals surface area contributed by atoms with Crippen LogP contribution in [0.15, 0.2) is 18.2 Å². The van der Waals surface area contributed by atoms with E-state index in [2.05, 4.69) is 0 Å². The summed E-state index contributed by atoms with van der Waals surface area (Å²) >= 11 is 0. The highest BCUT2D eigenvalue weighted by Crippen LogP contribution is 2.20. The van der Waals surface area contributed by atoms with Crippen molar-refractivity contribution in [2.24, 2.45) is 0 Å². The number of hydrogen-bond donors (Lipinski definition) is 0. The van der Waals surface area contributed by atoms with Crippen molar-refractivity contribution in [2.45, 2.75) is 26.7 Å². The predicted octanol–water partition coefficient (Wildman–Crippen LogP) is 2.51. The monoisotopic (exact) mass is 203 g/mol. The quantitative estimate of drug-likeness (QED) is 0.560. The molecule has 0 saturated heterocycles. The van der Waals surface area contributed by atoms with Gasteiger partial charge < -0.3 is 4.74 Å². The van der Waals surface area contributed by atoms with Crippen molar-refractivity contribution in [1.29, 1.82) is 5.26 Å². The molecule has 1 aromatic rings. The Balaban J connectivity index is 2.69. The summed E-state index contributed by atoms with van der Waals surface area (Å²) in [5, 5.41) is 8.32. The van der Waals surface area contributed by atoms with E-state index in [1.165, 1.54) is 0 Å². The molecule has 0 aliphatic carbocycles. The number of carbonyl (C=O) groups excluding carboxylic acids is 1. The van der Waals surface area contributed by atoms with Crippen LogP contribution in [0.25, 0.3) is 0 Å². The second-order valence-electron chi connectivity index (χ2n) is 3.33. The fourth-order valence-electron chi connectivity index (χ4n) is 1.17. The molecule has 78 valence electrons. The fourth-order valence-corrected chi connectivity index (χ4v) is 1.17. The van der Waals surface area contributed by atoms with Gasteiger partial charge >= 0.3 is 5.97 Å². The Kier molecular flexibility index (Phi) is 3.87. The van der Waals surface area contributed by atoms with Gasteiger partial charge in [0, 0.05) is 6.42 Å². The fraction of sp³-hybridized carbons (Fsp3) is 0.333. The zero-order valence-electron chi connectivity index (χ0n) is 8.91. The molecule has 15 heavy (non-hydrogen) atoms. The first-order chi connectivity index (χ1) is 7.15. The number of benzene rings is 1. The van der Waals surface area contributed by atoms with Crippen LogP contribution in [0.5, 0.6) is 5.75 Å². The molecule has 0 heterocycles. The standard InChI is InChI=1S/C12H13NO2/c1-9-5-3-6-11(10(9)2)15-12(14)7-4-8-13/h3,5-6H,4,7H2,1-2H3. The van der Waals surface area contributed by atoms with Crippen molar-refractivity contribution in [3.8, 4) is 11.8 Å². The average Bonchev–Trinajstić information content (AvgIpc) is 2.22. The molecule has 1 rings (SSSR count). The highest BCUT2D eigenvalue weighted by Gasteiger charge is 2.07. The molecule has 1 aromatic carbocycles. The molecule has 0 amide bonds. The minimum Gasteiger partial charge on any atom is -0.426 e. The topological polar surface area (TPSA) is 50.1 Å². The first-order valence-electron chi connectivity index (χ1n) is 4.79. The van der Waals surface area contributed by atoms with Crippen LogP contribution in [0, 0.1) is 25.2 Å². The highest BCUT2D eigenvalue weighted by molar-refractivity contribution is 5.73. The lowest BCUT2D eigenvalue weighted by molar-refractivity contribution is -0.134. The van der Waals surface area contributed by atoms with Gasteiger partial charge in [-0.3, -0.25) is 4.79 Å². The molecule has 0 aromatic heterocycles. The molecular weight excluding hydrogens is 190 g/mol. The van der Waals surface area contributed by atoms with E-state index in [0.717, 1.165) is 11.1 Å². The van der Waals surface area contributed by atoms with Gasteiger partial charge in [0.25, 0.3) is 0 Å². The number of esters is 1. The summed E-state index contributed by atoms with van der Waals surface area (Å²) < 4.78 is 5.14. The molecule has 3 heteroatoms. The summed E-state index contributed by atoms with van der Waals surface area (Å²) in [6.07, 6.45) is 0.341. The lowest BCUT2D eigenvalue weighted by Gasteiger charge is -2.08. The molecule has 0 aliphatic rings. The van der Waals surface area contributed by atoms with Gasteiger partial charge in [0.1, 0.15) is 5.75 Å². The minimum atomic E-state index is -0.356. The van der Waals surface area contributed by atoms with E-state index in [4.69, 9.17) is 10.00 Å². The zero-order valence-corrected chi connectivity index (χ0v) is 8.91. The number of ether oxygens (including phenoxy) is 1. The third kappa shape index (κ3) is 3.10. The lowest BCUT2D eigenvalue weighted by atomic mass is 10.1. The average molecular weight is 203 g/mol. The van der Waals surface area contributed by atoms with Gasteiger partial charge in [-0.2, -0.15) is 5.26 Å². The van der Waals surface area contributed by atoms with E-state index in [1.54, 1.807) is 6.07 Å². The molecule has 0 bridgehead atoms. The molecular formula is C12H13NO2. The molecule has 0 saturated carbocycles. The summed E-state index contributed by atoms with van der Waals surface area (Å²) in [7, 11) is 0. The Morgan fingerprint density at radius 3 is 2.87 bits per heavy atom. The molecule has 0 spiro atoms. The van der Waals surface area contributed by atoms with Crippen LogP contribution in [-0.4, -0.2) is 5.97 Å². The number of nitrogens with zero attached hydrogens (tertiary/aromatic N) is 1. The SMILES string of the molecule is Cc1cccc(OC(=O)CCC#N)c1C. The number of aryl methyl sites for hydroxylation is 1. The second kappa shape index (κ2) is 5.16. The summed E-state index contributed by atoms with van der Waals surface area (Å²) in [5.74, 6) is 0.225. The first-order valence-corrected chi connectivity index (χ1v) is 4.79. The number of nitriles is 1. The van der Waals surface area contributed by atoms with Gasteiger partial charge in [-0.25, -0.2) is 0 Å². The predicted molar refractivity (Wildman–Crippen MR) is 56.4 cm³/mol. The Morgan fingerprint density at radius 1 is 1.47 bits per heavy atom. The van der Waals surface area contributed by atoms with Crippen LogP contribution in [0.1, 0.15) is 24.0 Å². The van der Waals surface area contributed by atoms with Crippen LogP contribution in [0.4, 0.5) is 0 Å². The summed E-state index contributed by atoms with van der Waals surface area (Å²) in [5.41, 5.74) is 2.04. The van der Waals surface area contributed by atoms with Crippen LogP contribution >= 0.6 is 0 Å². The number of rotatable bonds is 3. The van der Waals surface area contributed by atoms with Crippen molar-refractivity contribution < 1.29 is 9.53 Å². The van der Waals surface area contributed by atoms with Gasteiger partial charge in [-0.1, -0.05) is 12.1 Å². The van der Waals surface area contributed by atoms with E-state index in [1.807, 2.05) is 32.0 Å². The van der Waals surface area contributed by atoms with Crippen LogP contribution in [0.3, 0.4) is 0 Å². The van der Waals surface area contributed by atoms with Crippen LogP contribution in [0.2, 0.25) is 0 Å². The zero-order chi connectivity index (χ0) is 11.3. The normalized spacial score (nSPS) is 9.40. The molecule has 0 radical (unpaired) electrons. The van der Waals surface area contributed by atoms with Crippen LogP contribution < -0.4 is 4.74 Å². The Bertz CT molecular complexity index is 405. The number of hydrogen-bond acceptors (Lipinski definition) is 3. The van der Waals surface area contributed by atoms with Gasteiger partial charge in [-0.15, -0.1) is 0 Å².